The number of carbonyl (C=O) groups excluding carboxylic acids is 2. The summed E-state index contributed by atoms with van der Waals surface area (Å²) in [5.74, 6) is -1.87. The van der Waals surface area contributed by atoms with Gasteiger partial charge in [-0.1, -0.05) is 30.3 Å². The number of hydrogen-bond donors (Lipinski definition) is 2. The fourth-order valence-electron chi connectivity index (χ4n) is 2.60. The van der Waals surface area contributed by atoms with Crippen molar-refractivity contribution in [2.45, 2.75) is 6.04 Å². The van der Waals surface area contributed by atoms with E-state index in [1.165, 1.54) is 18.4 Å². The van der Waals surface area contributed by atoms with Gasteiger partial charge in [-0.05, 0) is 29.8 Å². The smallest absolute Gasteiger partial charge is 0.315 e. The Kier molecular flexibility index (Phi) is 6.84. The summed E-state index contributed by atoms with van der Waals surface area (Å²) in [7, 11) is -1.17. The maximum atomic E-state index is 13.0. The largest absolute Gasteiger partial charge is 0.340 e. The van der Waals surface area contributed by atoms with Crippen LogP contribution in [0.2, 0.25) is 0 Å². The van der Waals surface area contributed by atoms with Crippen LogP contribution in [0.4, 0.5) is 9.52 Å². The molecule has 29 heavy (non-hydrogen) atoms. The zero-order valence-corrected chi connectivity index (χ0v) is 17.1. The molecule has 6 nitrogen and oxygen atoms in total. The van der Waals surface area contributed by atoms with Gasteiger partial charge in [0.1, 0.15) is 5.82 Å². The van der Waals surface area contributed by atoms with Crippen molar-refractivity contribution in [1.29, 1.82) is 0 Å². The molecule has 150 valence electrons. The lowest BCUT2D eigenvalue weighted by molar-refractivity contribution is -0.136. The molecule has 2 aromatic carbocycles. The molecular weight excluding hydrogens is 413 g/mol. The number of nitrogens with zero attached hydrogens (tertiary/aromatic N) is 1. The molecule has 2 amide bonds. The monoisotopic (exact) mass is 431 g/mol. The third kappa shape index (κ3) is 5.78. The summed E-state index contributed by atoms with van der Waals surface area (Å²) < 4.78 is 24.7. The van der Waals surface area contributed by atoms with Crippen molar-refractivity contribution >= 4 is 39.1 Å². The van der Waals surface area contributed by atoms with Crippen molar-refractivity contribution in [3.8, 4) is 11.3 Å². The third-order valence-electron chi connectivity index (χ3n) is 3.98. The molecule has 0 fully saturated rings. The minimum atomic E-state index is -1.17. The van der Waals surface area contributed by atoms with E-state index in [0.29, 0.717) is 11.3 Å². The molecule has 0 aliphatic heterocycles. The predicted molar refractivity (Wildman–Crippen MR) is 112 cm³/mol. The molecular formula is C20H18FN3O3S2. The molecule has 0 spiro atoms. The van der Waals surface area contributed by atoms with Crippen LogP contribution in [0, 0.1) is 5.82 Å². The Hall–Kier alpha value is -2.91. The van der Waals surface area contributed by atoms with E-state index in [1.807, 2.05) is 6.07 Å². The van der Waals surface area contributed by atoms with Gasteiger partial charge in [-0.25, -0.2) is 9.37 Å². The zero-order chi connectivity index (χ0) is 20.8. The Morgan fingerprint density at radius 3 is 2.45 bits per heavy atom. The maximum Gasteiger partial charge on any atom is 0.315 e. The number of hydrogen-bond acceptors (Lipinski definition) is 5. The van der Waals surface area contributed by atoms with Gasteiger partial charge in [-0.3, -0.25) is 19.1 Å². The number of thiazole rings is 1. The van der Waals surface area contributed by atoms with E-state index < -0.39 is 28.7 Å². The molecule has 0 saturated heterocycles. The number of halogens is 1. The van der Waals surface area contributed by atoms with E-state index in [9.17, 15) is 18.2 Å². The first kappa shape index (κ1) is 20.8. The summed E-state index contributed by atoms with van der Waals surface area (Å²) in [5.41, 5.74) is 2.02. The van der Waals surface area contributed by atoms with Crippen molar-refractivity contribution in [2.75, 3.05) is 17.3 Å². The zero-order valence-electron chi connectivity index (χ0n) is 15.4. The summed E-state index contributed by atoms with van der Waals surface area (Å²) in [5, 5.41) is 7.03. The topological polar surface area (TPSA) is 88.2 Å². The highest BCUT2D eigenvalue weighted by Crippen LogP contribution is 2.25. The molecule has 1 aromatic heterocycles. The lowest BCUT2D eigenvalue weighted by Gasteiger charge is -2.17. The Balaban J connectivity index is 1.66. The second-order valence-corrected chi connectivity index (χ2v) is 8.51. The van der Waals surface area contributed by atoms with Crippen molar-refractivity contribution in [3.05, 3.63) is 71.4 Å². The molecule has 9 heteroatoms. The molecule has 0 unspecified atom stereocenters. The number of carbonyl (C=O) groups is 2. The van der Waals surface area contributed by atoms with Crippen LogP contribution in [0.5, 0.6) is 0 Å². The minimum absolute atomic E-state index is 0.189. The van der Waals surface area contributed by atoms with Crippen LogP contribution in [0.15, 0.2) is 60.0 Å². The third-order valence-corrected chi connectivity index (χ3v) is 5.54. The average molecular weight is 432 g/mol. The Labute approximate surface area is 173 Å². The van der Waals surface area contributed by atoms with Crippen LogP contribution in [-0.2, 0) is 20.4 Å². The number of rotatable bonds is 6. The van der Waals surface area contributed by atoms with Gasteiger partial charge in [0.15, 0.2) is 5.13 Å². The van der Waals surface area contributed by atoms with Gasteiger partial charge < -0.3 is 5.32 Å². The van der Waals surface area contributed by atoms with Gasteiger partial charge in [0.25, 0.3) is 0 Å². The molecule has 1 heterocycles. The van der Waals surface area contributed by atoms with Gasteiger partial charge in [0, 0.05) is 33.8 Å². The number of aromatic nitrogens is 1. The van der Waals surface area contributed by atoms with Crippen LogP contribution in [0.25, 0.3) is 11.3 Å². The number of anilines is 1. The van der Waals surface area contributed by atoms with Crippen LogP contribution >= 0.6 is 11.3 Å². The predicted octanol–water partition coefficient (Wildman–Crippen LogP) is 3.12. The first-order valence-corrected chi connectivity index (χ1v) is 11.2. The van der Waals surface area contributed by atoms with Crippen LogP contribution in [0.1, 0.15) is 11.6 Å². The second kappa shape index (κ2) is 9.53. The van der Waals surface area contributed by atoms with Crippen LogP contribution in [-0.4, -0.2) is 33.0 Å². The van der Waals surface area contributed by atoms with Crippen LogP contribution in [0.3, 0.4) is 0 Å². The van der Waals surface area contributed by atoms with E-state index in [4.69, 9.17) is 0 Å². The first-order chi connectivity index (χ1) is 13.9. The molecule has 0 radical (unpaired) electrons. The molecule has 0 saturated carbocycles. The molecule has 0 aliphatic rings. The minimum Gasteiger partial charge on any atom is -0.340 e. The molecule has 3 aromatic rings. The fourth-order valence-corrected chi connectivity index (χ4v) is 4.06. The lowest BCUT2D eigenvalue weighted by atomic mass is 10.1. The van der Waals surface area contributed by atoms with Crippen molar-refractivity contribution < 1.29 is 18.2 Å². The molecule has 2 N–H and O–H groups in total. The van der Waals surface area contributed by atoms with E-state index in [2.05, 4.69) is 15.6 Å². The van der Waals surface area contributed by atoms with Gasteiger partial charge in [-0.2, -0.15) is 0 Å². The maximum absolute atomic E-state index is 13.0. The van der Waals surface area contributed by atoms with Crippen molar-refractivity contribution in [1.82, 2.24) is 10.3 Å². The summed E-state index contributed by atoms with van der Waals surface area (Å²) in [6.07, 6.45) is 1.54. The molecule has 0 bridgehead atoms. The highest BCUT2D eigenvalue weighted by atomic mass is 32.2. The quantitative estimate of drug-likeness (QED) is 0.587. The molecule has 0 aliphatic carbocycles. The van der Waals surface area contributed by atoms with E-state index in [1.54, 1.807) is 41.8 Å². The fraction of sp³-hybridized carbons (Fsp3) is 0.150. The van der Waals surface area contributed by atoms with E-state index in [-0.39, 0.29) is 16.7 Å². The SMILES string of the molecule is C[S@](=O)C[C@H](NC(=O)C(=O)Nc1nc(-c2ccc(F)cc2)cs1)c1ccccc1. The number of amides is 2. The normalized spacial score (nSPS) is 12.8. The Bertz CT molecular complexity index is 1020. The highest BCUT2D eigenvalue weighted by Gasteiger charge is 2.22. The number of nitrogens with one attached hydrogen (secondary N) is 2. The van der Waals surface area contributed by atoms with E-state index in [0.717, 1.165) is 16.9 Å². The van der Waals surface area contributed by atoms with Crippen LogP contribution < -0.4 is 10.6 Å². The van der Waals surface area contributed by atoms with Crippen molar-refractivity contribution in [2.24, 2.45) is 0 Å². The lowest BCUT2D eigenvalue weighted by Crippen LogP contribution is -2.39. The van der Waals surface area contributed by atoms with Crippen molar-refractivity contribution in [3.63, 3.8) is 0 Å². The van der Waals surface area contributed by atoms with Gasteiger partial charge >= 0.3 is 11.8 Å². The van der Waals surface area contributed by atoms with Gasteiger partial charge in [0.05, 0.1) is 11.7 Å². The van der Waals surface area contributed by atoms with Gasteiger partial charge in [0.2, 0.25) is 0 Å². The highest BCUT2D eigenvalue weighted by molar-refractivity contribution is 7.84. The average Bonchev–Trinajstić information content (AvgIpc) is 3.16. The Morgan fingerprint density at radius 2 is 1.79 bits per heavy atom. The van der Waals surface area contributed by atoms with Gasteiger partial charge in [-0.15, -0.1) is 11.3 Å². The Morgan fingerprint density at radius 1 is 1.10 bits per heavy atom. The number of benzene rings is 2. The summed E-state index contributed by atoms with van der Waals surface area (Å²) >= 11 is 1.15. The second-order valence-electron chi connectivity index (χ2n) is 6.18. The standard InChI is InChI=1S/C20H18FN3O3S2/c1-29(27)12-17(13-5-3-2-4-6-13)22-18(25)19(26)24-20-23-16(11-28-20)14-7-9-15(21)10-8-14/h2-11,17H,12H2,1H3,(H,22,25)(H,23,24,26)/t17-,29-/m0/s1. The van der Waals surface area contributed by atoms with E-state index >= 15 is 0 Å². The first-order valence-electron chi connectivity index (χ1n) is 8.60. The summed E-state index contributed by atoms with van der Waals surface area (Å²) in [6, 6.07) is 14.3. The molecule has 2 atom stereocenters. The molecule has 3 rings (SSSR count). The summed E-state index contributed by atoms with van der Waals surface area (Å²) in [4.78, 5) is 28.9. The summed E-state index contributed by atoms with van der Waals surface area (Å²) in [6.45, 7) is 0.